The molecule has 0 saturated carbocycles. The summed E-state index contributed by atoms with van der Waals surface area (Å²) in [5.41, 5.74) is 1.11. The van der Waals surface area contributed by atoms with Crippen LogP contribution in [0.3, 0.4) is 0 Å². The Kier molecular flexibility index (Phi) is 5.29. The molecule has 0 aliphatic rings. The fourth-order valence-corrected chi connectivity index (χ4v) is 1.60. The van der Waals surface area contributed by atoms with Crippen LogP contribution in [-0.2, 0) is 6.54 Å². The first-order valence-corrected chi connectivity index (χ1v) is 5.65. The molecule has 1 atom stereocenters. The zero-order valence-electron chi connectivity index (χ0n) is 10.2. The van der Waals surface area contributed by atoms with E-state index in [1.807, 2.05) is 24.3 Å². The third-order valence-corrected chi connectivity index (χ3v) is 2.75. The van der Waals surface area contributed by atoms with Crippen molar-refractivity contribution in [2.45, 2.75) is 26.4 Å². The highest BCUT2D eigenvalue weighted by atomic mass is 16.5. The van der Waals surface area contributed by atoms with E-state index < -0.39 is 0 Å². The first-order chi connectivity index (χ1) is 7.69. The second-order valence-electron chi connectivity index (χ2n) is 4.23. The minimum atomic E-state index is 0.130. The van der Waals surface area contributed by atoms with Crippen molar-refractivity contribution >= 4 is 0 Å². The lowest BCUT2D eigenvalue weighted by molar-refractivity contribution is 0.209. The monoisotopic (exact) mass is 223 g/mol. The van der Waals surface area contributed by atoms with Crippen molar-refractivity contribution in [1.82, 2.24) is 5.32 Å². The molecule has 1 aromatic rings. The maximum absolute atomic E-state index is 9.21. The molecule has 0 aromatic heterocycles. The third-order valence-electron chi connectivity index (χ3n) is 2.75. The van der Waals surface area contributed by atoms with Gasteiger partial charge < -0.3 is 15.2 Å². The molecule has 3 heteroatoms. The van der Waals surface area contributed by atoms with Crippen LogP contribution in [0.25, 0.3) is 0 Å². The van der Waals surface area contributed by atoms with Crippen LogP contribution >= 0.6 is 0 Å². The molecule has 0 fully saturated rings. The van der Waals surface area contributed by atoms with Gasteiger partial charge in [0.05, 0.1) is 13.7 Å². The zero-order valence-corrected chi connectivity index (χ0v) is 10.2. The molecule has 16 heavy (non-hydrogen) atoms. The fraction of sp³-hybridized carbons (Fsp3) is 0.538. The first kappa shape index (κ1) is 13.0. The van der Waals surface area contributed by atoms with Crippen LogP contribution < -0.4 is 10.1 Å². The molecule has 0 amide bonds. The summed E-state index contributed by atoms with van der Waals surface area (Å²) in [6.07, 6.45) is 0. The molecular weight excluding hydrogens is 202 g/mol. The highest BCUT2D eigenvalue weighted by Gasteiger charge is 2.11. The van der Waals surface area contributed by atoms with Crippen LogP contribution in [-0.4, -0.2) is 24.9 Å². The molecule has 3 nitrogen and oxygen atoms in total. The average Bonchev–Trinajstić information content (AvgIpc) is 2.30. The largest absolute Gasteiger partial charge is 0.496 e. The van der Waals surface area contributed by atoms with Gasteiger partial charge in [-0.15, -0.1) is 0 Å². The second kappa shape index (κ2) is 6.51. The maximum Gasteiger partial charge on any atom is 0.123 e. The smallest absolute Gasteiger partial charge is 0.123 e. The molecule has 2 N–H and O–H groups in total. The topological polar surface area (TPSA) is 41.5 Å². The molecule has 0 aliphatic heterocycles. The summed E-state index contributed by atoms with van der Waals surface area (Å²) in [5.74, 6) is 1.30. The van der Waals surface area contributed by atoms with Gasteiger partial charge in [-0.05, 0) is 12.0 Å². The summed E-state index contributed by atoms with van der Waals surface area (Å²) < 4.78 is 5.27. The number of aliphatic hydroxyl groups is 1. The minimum Gasteiger partial charge on any atom is -0.496 e. The zero-order chi connectivity index (χ0) is 12.0. The standard InChI is InChI=1S/C13H21NO2/c1-10(2)12(9-15)14-8-11-6-4-5-7-13(11)16-3/h4-7,10,12,14-15H,8-9H2,1-3H3. The predicted molar refractivity (Wildman–Crippen MR) is 65.5 cm³/mol. The molecular formula is C13H21NO2. The lowest BCUT2D eigenvalue weighted by atomic mass is 10.0. The van der Waals surface area contributed by atoms with Crippen molar-refractivity contribution in [2.24, 2.45) is 5.92 Å². The quantitative estimate of drug-likeness (QED) is 0.772. The Hall–Kier alpha value is -1.06. The predicted octanol–water partition coefficient (Wildman–Crippen LogP) is 1.80. The van der Waals surface area contributed by atoms with Crippen molar-refractivity contribution in [2.75, 3.05) is 13.7 Å². The van der Waals surface area contributed by atoms with E-state index in [1.54, 1.807) is 7.11 Å². The van der Waals surface area contributed by atoms with Crippen LogP contribution in [0.1, 0.15) is 19.4 Å². The molecule has 90 valence electrons. The Morgan fingerprint density at radius 2 is 2.00 bits per heavy atom. The Morgan fingerprint density at radius 1 is 1.31 bits per heavy atom. The summed E-state index contributed by atoms with van der Waals surface area (Å²) in [6, 6.07) is 8.04. The van der Waals surface area contributed by atoms with Gasteiger partial charge in [0.2, 0.25) is 0 Å². The number of aliphatic hydroxyl groups excluding tert-OH is 1. The number of hydrogen-bond donors (Lipinski definition) is 2. The second-order valence-corrected chi connectivity index (χ2v) is 4.23. The first-order valence-electron chi connectivity index (χ1n) is 5.65. The maximum atomic E-state index is 9.21. The SMILES string of the molecule is COc1ccccc1CNC(CO)C(C)C. The fourth-order valence-electron chi connectivity index (χ4n) is 1.60. The van der Waals surface area contributed by atoms with E-state index in [9.17, 15) is 5.11 Å². The summed E-state index contributed by atoms with van der Waals surface area (Å²) in [6.45, 7) is 5.06. The van der Waals surface area contributed by atoms with Crippen LogP contribution in [0.15, 0.2) is 24.3 Å². The highest BCUT2D eigenvalue weighted by Crippen LogP contribution is 2.17. The molecule has 0 spiro atoms. The normalized spacial score (nSPS) is 12.8. The van der Waals surface area contributed by atoms with Crippen LogP contribution in [0.2, 0.25) is 0 Å². The molecule has 1 rings (SSSR count). The van der Waals surface area contributed by atoms with Gasteiger partial charge in [-0.25, -0.2) is 0 Å². The van der Waals surface area contributed by atoms with E-state index in [0.29, 0.717) is 12.5 Å². The van der Waals surface area contributed by atoms with E-state index in [-0.39, 0.29) is 12.6 Å². The number of para-hydroxylation sites is 1. The summed E-state index contributed by atoms with van der Waals surface area (Å²) >= 11 is 0. The molecule has 0 radical (unpaired) electrons. The Balaban J connectivity index is 2.59. The van der Waals surface area contributed by atoms with Gasteiger partial charge >= 0.3 is 0 Å². The molecule has 0 heterocycles. The Bertz CT molecular complexity index is 313. The van der Waals surface area contributed by atoms with E-state index in [1.165, 1.54) is 0 Å². The van der Waals surface area contributed by atoms with Gasteiger partial charge in [-0.3, -0.25) is 0 Å². The van der Waals surface area contributed by atoms with Gasteiger partial charge in [-0.1, -0.05) is 32.0 Å². The van der Waals surface area contributed by atoms with Crippen molar-refractivity contribution in [1.29, 1.82) is 0 Å². The lowest BCUT2D eigenvalue weighted by Gasteiger charge is -2.20. The Morgan fingerprint density at radius 3 is 2.56 bits per heavy atom. The number of ether oxygens (including phenoxy) is 1. The average molecular weight is 223 g/mol. The van der Waals surface area contributed by atoms with E-state index in [2.05, 4.69) is 19.2 Å². The van der Waals surface area contributed by atoms with Gasteiger partial charge in [-0.2, -0.15) is 0 Å². The molecule has 0 aliphatic carbocycles. The van der Waals surface area contributed by atoms with Crippen molar-refractivity contribution in [3.05, 3.63) is 29.8 Å². The van der Waals surface area contributed by atoms with E-state index >= 15 is 0 Å². The molecule has 1 aromatic carbocycles. The molecule has 0 saturated heterocycles. The third kappa shape index (κ3) is 3.51. The van der Waals surface area contributed by atoms with Crippen LogP contribution in [0, 0.1) is 5.92 Å². The van der Waals surface area contributed by atoms with E-state index in [4.69, 9.17) is 4.74 Å². The summed E-state index contributed by atoms with van der Waals surface area (Å²) in [5, 5.41) is 12.5. The highest BCUT2D eigenvalue weighted by molar-refractivity contribution is 5.33. The number of rotatable bonds is 6. The van der Waals surface area contributed by atoms with Gasteiger partial charge in [0.25, 0.3) is 0 Å². The van der Waals surface area contributed by atoms with Crippen molar-refractivity contribution in [3.8, 4) is 5.75 Å². The summed E-state index contributed by atoms with van der Waals surface area (Å²) in [4.78, 5) is 0. The van der Waals surface area contributed by atoms with Crippen molar-refractivity contribution in [3.63, 3.8) is 0 Å². The van der Waals surface area contributed by atoms with Gasteiger partial charge in [0.15, 0.2) is 0 Å². The van der Waals surface area contributed by atoms with Gasteiger partial charge in [0.1, 0.15) is 5.75 Å². The van der Waals surface area contributed by atoms with Crippen LogP contribution in [0.5, 0.6) is 5.75 Å². The molecule has 0 bridgehead atoms. The van der Waals surface area contributed by atoms with Crippen LogP contribution in [0.4, 0.5) is 0 Å². The number of hydrogen-bond acceptors (Lipinski definition) is 3. The lowest BCUT2D eigenvalue weighted by Crippen LogP contribution is -2.36. The van der Waals surface area contributed by atoms with E-state index in [0.717, 1.165) is 11.3 Å². The number of benzene rings is 1. The Labute approximate surface area is 97.4 Å². The minimum absolute atomic E-state index is 0.130. The number of methoxy groups -OCH3 is 1. The number of nitrogens with one attached hydrogen (secondary N) is 1. The molecule has 1 unspecified atom stereocenters. The van der Waals surface area contributed by atoms with Gasteiger partial charge in [0, 0.05) is 18.2 Å². The summed E-state index contributed by atoms with van der Waals surface area (Å²) in [7, 11) is 1.67. The van der Waals surface area contributed by atoms with Crippen molar-refractivity contribution < 1.29 is 9.84 Å².